The lowest BCUT2D eigenvalue weighted by Crippen LogP contribution is -2.48. The van der Waals surface area contributed by atoms with Crippen molar-refractivity contribution in [3.8, 4) is 0 Å². The molecule has 33 heavy (non-hydrogen) atoms. The van der Waals surface area contributed by atoms with Gasteiger partial charge in [-0.2, -0.15) is 0 Å². The Balaban J connectivity index is 1.66. The molecular weight excluding hydrogens is 422 g/mol. The van der Waals surface area contributed by atoms with E-state index >= 15 is 0 Å². The van der Waals surface area contributed by atoms with Crippen molar-refractivity contribution in [2.24, 2.45) is 11.8 Å². The number of nitrogens with zero attached hydrogens (tertiary/aromatic N) is 4. The van der Waals surface area contributed by atoms with Crippen LogP contribution in [0.15, 0.2) is 40.1 Å². The van der Waals surface area contributed by atoms with E-state index in [1.807, 2.05) is 45.3 Å². The van der Waals surface area contributed by atoms with Crippen LogP contribution in [0.2, 0.25) is 0 Å². The minimum absolute atomic E-state index is 0.0391. The quantitative estimate of drug-likeness (QED) is 0.546. The average molecular weight is 456 g/mol. The summed E-state index contributed by atoms with van der Waals surface area (Å²) >= 11 is 0. The zero-order valence-electron chi connectivity index (χ0n) is 19.5. The van der Waals surface area contributed by atoms with Gasteiger partial charge in [-0.15, -0.1) is 0 Å². The van der Waals surface area contributed by atoms with Crippen LogP contribution >= 0.6 is 0 Å². The van der Waals surface area contributed by atoms with Gasteiger partial charge in [0.2, 0.25) is 5.91 Å². The number of oxazole rings is 1. The first kappa shape index (κ1) is 23.4. The SMILES string of the molecule is C/C=C\c1ccc2n(c1=O)C[C@H]1[C@H](CO)[C@@H](C(=O)NCCCN(C)C)N(Cc3cocn3)[C@@H]21. The molecule has 2 N–H and O–H groups in total. The Morgan fingerprint density at radius 2 is 2.21 bits per heavy atom. The summed E-state index contributed by atoms with van der Waals surface area (Å²) in [6, 6.07) is 3.14. The molecule has 9 nitrogen and oxygen atoms in total. The number of pyridine rings is 1. The highest BCUT2D eigenvalue weighted by Gasteiger charge is 2.55. The average Bonchev–Trinajstić information content (AvgIpc) is 3.49. The van der Waals surface area contributed by atoms with Gasteiger partial charge in [0.15, 0.2) is 6.39 Å². The van der Waals surface area contributed by atoms with Crippen LogP contribution in [-0.2, 0) is 17.9 Å². The molecule has 0 bridgehead atoms. The maximum absolute atomic E-state index is 13.3. The fourth-order valence-electron chi connectivity index (χ4n) is 5.32. The van der Waals surface area contributed by atoms with E-state index in [2.05, 4.69) is 20.1 Å². The molecule has 4 rings (SSSR count). The molecule has 0 aromatic carbocycles. The van der Waals surface area contributed by atoms with Gasteiger partial charge >= 0.3 is 0 Å². The highest BCUT2D eigenvalue weighted by Crippen LogP contribution is 2.49. The van der Waals surface area contributed by atoms with Crippen molar-refractivity contribution in [3.63, 3.8) is 0 Å². The van der Waals surface area contributed by atoms with E-state index in [1.165, 1.54) is 6.39 Å². The van der Waals surface area contributed by atoms with Crippen molar-refractivity contribution in [3.05, 3.63) is 58.2 Å². The number of carbonyl (C=O) groups is 1. The number of carbonyl (C=O) groups excluding carboxylic acids is 1. The topological polar surface area (TPSA) is 104 Å². The lowest BCUT2D eigenvalue weighted by Gasteiger charge is -2.30. The van der Waals surface area contributed by atoms with Gasteiger partial charge in [-0.3, -0.25) is 14.5 Å². The van der Waals surface area contributed by atoms with Crippen molar-refractivity contribution >= 4 is 12.0 Å². The van der Waals surface area contributed by atoms with Crippen molar-refractivity contribution in [1.29, 1.82) is 0 Å². The number of amides is 1. The summed E-state index contributed by atoms with van der Waals surface area (Å²) in [5.41, 5.74) is 2.19. The summed E-state index contributed by atoms with van der Waals surface area (Å²) in [7, 11) is 4.01. The normalized spacial score (nSPS) is 24.5. The molecular formula is C24H33N5O4. The summed E-state index contributed by atoms with van der Waals surface area (Å²) in [6.07, 6.45) is 7.45. The van der Waals surface area contributed by atoms with E-state index in [0.717, 1.165) is 18.7 Å². The smallest absolute Gasteiger partial charge is 0.258 e. The summed E-state index contributed by atoms with van der Waals surface area (Å²) in [4.78, 5) is 34.8. The second kappa shape index (κ2) is 10.0. The third-order valence-corrected chi connectivity index (χ3v) is 6.74. The van der Waals surface area contributed by atoms with Gasteiger partial charge in [-0.1, -0.05) is 12.2 Å². The number of rotatable bonds is 9. The Labute approximate surface area is 193 Å². The number of aliphatic hydroxyl groups excluding tert-OH is 1. The Morgan fingerprint density at radius 1 is 1.39 bits per heavy atom. The largest absolute Gasteiger partial charge is 0.451 e. The van der Waals surface area contributed by atoms with Crippen LogP contribution < -0.4 is 10.9 Å². The van der Waals surface area contributed by atoms with E-state index in [9.17, 15) is 14.7 Å². The molecule has 4 atom stereocenters. The van der Waals surface area contributed by atoms with Gasteiger partial charge in [-0.05, 0) is 46.1 Å². The van der Waals surface area contributed by atoms with Crippen LogP contribution in [0.25, 0.3) is 6.08 Å². The highest BCUT2D eigenvalue weighted by atomic mass is 16.3. The summed E-state index contributed by atoms with van der Waals surface area (Å²) in [5, 5.41) is 13.4. The molecule has 1 amide bonds. The third kappa shape index (κ3) is 4.53. The molecule has 0 unspecified atom stereocenters. The Kier molecular flexibility index (Phi) is 7.11. The molecule has 0 radical (unpaired) electrons. The Morgan fingerprint density at radius 3 is 2.88 bits per heavy atom. The lowest BCUT2D eigenvalue weighted by atomic mass is 9.88. The molecule has 9 heteroatoms. The molecule has 0 spiro atoms. The van der Waals surface area contributed by atoms with Gasteiger partial charge in [0.05, 0.1) is 17.8 Å². The van der Waals surface area contributed by atoms with Gasteiger partial charge in [0, 0.05) is 49.3 Å². The second-order valence-electron chi connectivity index (χ2n) is 9.13. The van der Waals surface area contributed by atoms with Crippen molar-refractivity contribution in [2.45, 2.75) is 38.5 Å². The van der Waals surface area contributed by atoms with Crippen LogP contribution in [0.4, 0.5) is 0 Å². The van der Waals surface area contributed by atoms with E-state index in [4.69, 9.17) is 4.42 Å². The molecule has 1 saturated heterocycles. The second-order valence-corrected chi connectivity index (χ2v) is 9.13. The standard InChI is InChI=1S/C24H33N5O4/c1-4-6-16-7-8-20-21-18(12-28(20)24(16)32)19(13-30)22(23(31)25-9-5-10-27(2)3)29(21)11-17-14-33-15-26-17/h4,6-8,14-15,18-19,21-22,30H,5,9-13H2,1-3H3,(H,25,31)/b6-4-/t18-,19-,21+,22-/m0/s1. The fourth-order valence-corrected chi connectivity index (χ4v) is 5.32. The molecule has 0 saturated carbocycles. The van der Waals surface area contributed by atoms with Crippen LogP contribution in [0.5, 0.6) is 0 Å². The number of nitrogens with one attached hydrogen (secondary N) is 1. The molecule has 2 aromatic rings. The number of aromatic nitrogens is 2. The van der Waals surface area contributed by atoms with Gasteiger partial charge < -0.3 is 24.3 Å². The molecule has 1 fully saturated rings. The maximum atomic E-state index is 13.3. The number of aliphatic hydroxyl groups is 1. The summed E-state index contributed by atoms with van der Waals surface area (Å²) < 4.78 is 6.96. The van der Waals surface area contributed by atoms with Gasteiger partial charge in [0.1, 0.15) is 6.26 Å². The fraction of sp³-hybridized carbons (Fsp3) is 0.542. The van der Waals surface area contributed by atoms with Crippen molar-refractivity contribution < 1.29 is 14.3 Å². The molecule has 2 aliphatic rings. The van der Waals surface area contributed by atoms with Crippen LogP contribution in [-0.4, -0.2) is 70.2 Å². The van der Waals surface area contributed by atoms with Crippen LogP contribution in [0.1, 0.15) is 36.3 Å². The zero-order chi connectivity index (χ0) is 23.5. The molecule has 178 valence electrons. The highest BCUT2D eigenvalue weighted by molar-refractivity contribution is 5.82. The number of allylic oxidation sites excluding steroid dienone is 1. The predicted molar refractivity (Wildman–Crippen MR) is 124 cm³/mol. The molecule has 2 aliphatic heterocycles. The minimum atomic E-state index is -0.514. The van der Waals surface area contributed by atoms with Crippen LogP contribution in [0, 0.1) is 11.8 Å². The number of hydrogen-bond donors (Lipinski definition) is 2. The first-order chi connectivity index (χ1) is 16.0. The van der Waals surface area contributed by atoms with Crippen LogP contribution in [0.3, 0.4) is 0 Å². The molecule has 2 aromatic heterocycles. The number of hydrogen-bond acceptors (Lipinski definition) is 7. The summed E-state index contributed by atoms with van der Waals surface area (Å²) in [5.74, 6) is -0.432. The molecule has 0 aliphatic carbocycles. The Bertz CT molecular complexity index is 1050. The van der Waals surface area contributed by atoms with E-state index < -0.39 is 6.04 Å². The van der Waals surface area contributed by atoms with Gasteiger partial charge in [0.25, 0.3) is 5.56 Å². The van der Waals surface area contributed by atoms with E-state index in [-0.39, 0.29) is 36.0 Å². The number of fused-ring (bicyclic) bond motifs is 3. The van der Waals surface area contributed by atoms with E-state index in [1.54, 1.807) is 10.8 Å². The molecule has 4 heterocycles. The maximum Gasteiger partial charge on any atom is 0.258 e. The van der Waals surface area contributed by atoms with Gasteiger partial charge in [-0.25, -0.2) is 4.98 Å². The first-order valence-electron chi connectivity index (χ1n) is 11.5. The third-order valence-electron chi connectivity index (χ3n) is 6.74. The van der Waals surface area contributed by atoms with Crippen molar-refractivity contribution in [2.75, 3.05) is 33.8 Å². The monoisotopic (exact) mass is 455 g/mol. The zero-order valence-corrected chi connectivity index (χ0v) is 19.5. The first-order valence-corrected chi connectivity index (χ1v) is 11.5. The number of likely N-dealkylation sites (tertiary alicyclic amines) is 1. The lowest BCUT2D eigenvalue weighted by molar-refractivity contribution is -0.128. The van der Waals surface area contributed by atoms with Crippen molar-refractivity contribution in [1.82, 2.24) is 24.7 Å². The Hall–Kier alpha value is -2.75. The predicted octanol–water partition coefficient (Wildman–Crippen LogP) is 1.10. The minimum Gasteiger partial charge on any atom is -0.451 e. The summed E-state index contributed by atoms with van der Waals surface area (Å²) in [6.45, 7) is 4.09. The van der Waals surface area contributed by atoms with E-state index in [0.29, 0.717) is 30.9 Å².